The molecule has 0 aromatic carbocycles. The summed E-state index contributed by atoms with van der Waals surface area (Å²) in [7, 11) is -4.38. The summed E-state index contributed by atoms with van der Waals surface area (Å²) in [5, 5.41) is 2.19. The zero-order valence-corrected chi connectivity index (χ0v) is 11.3. The van der Waals surface area contributed by atoms with Crippen LogP contribution in [0.2, 0.25) is 0 Å². The standard InChI is InChI=1S/C10H18FNO5S/c1-10(2,3)17-9(13)12-7-8(6-11)4-5-18(14,15)16/h6H,4-5,7H2,1-3H3,(H,12,13)(H,14,15,16)/i4D. The molecule has 0 spiro atoms. The molecule has 18 heavy (non-hydrogen) atoms. The molecule has 0 bridgehead atoms. The van der Waals surface area contributed by atoms with Gasteiger partial charge >= 0.3 is 6.09 Å². The third-order valence-electron chi connectivity index (χ3n) is 1.53. The Bertz CT molecular complexity index is 443. The Morgan fingerprint density at radius 2 is 2.11 bits per heavy atom. The molecule has 1 unspecified atom stereocenters. The molecule has 1 amide bonds. The highest BCUT2D eigenvalue weighted by Gasteiger charge is 2.16. The Morgan fingerprint density at radius 3 is 2.50 bits per heavy atom. The smallest absolute Gasteiger partial charge is 0.407 e. The zero-order chi connectivity index (χ0) is 15.3. The van der Waals surface area contributed by atoms with Crippen LogP contribution in [0, 0.1) is 0 Å². The third kappa shape index (κ3) is 10.0. The molecule has 2 N–H and O–H groups in total. The van der Waals surface area contributed by atoms with Crippen LogP contribution in [0.15, 0.2) is 11.9 Å². The maximum absolute atomic E-state index is 12.5. The van der Waals surface area contributed by atoms with Crippen LogP contribution in [0.5, 0.6) is 0 Å². The van der Waals surface area contributed by atoms with E-state index in [4.69, 9.17) is 10.7 Å². The topological polar surface area (TPSA) is 92.7 Å². The van der Waals surface area contributed by atoms with Crippen molar-refractivity contribution >= 4 is 16.2 Å². The van der Waals surface area contributed by atoms with E-state index in [0.29, 0.717) is 0 Å². The second-order valence-electron chi connectivity index (χ2n) is 4.49. The molecule has 0 aliphatic heterocycles. The van der Waals surface area contributed by atoms with E-state index in [9.17, 15) is 17.6 Å². The molecule has 106 valence electrons. The zero-order valence-electron chi connectivity index (χ0n) is 11.4. The second-order valence-corrected chi connectivity index (χ2v) is 5.99. The molecule has 0 aliphatic carbocycles. The predicted molar refractivity (Wildman–Crippen MR) is 64.5 cm³/mol. The molecule has 0 aliphatic rings. The van der Waals surface area contributed by atoms with Gasteiger partial charge in [-0.15, -0.1) is 0 Å². The Morgan fingerprint density at radius 1 is 1.56 bits per heavy atom. The van der Waals surface area contributed by atoms with Gasteiger partial charge in [-0.25, -0.2) is 9.18 Å². The quantitative estimate of drug-likeness (QED) is 0.749. The van der Waals surface area contributed by atoms with E-state index in [0.717, 1.165) is 0 Å². The number of halogens is 1. The first kappa shape index (κ1) is 14.9. The SMILES string of the molecule is [2H]C(CS(=O)(=O)O)C(=CF)CNC(=O)OC(C)(C)C. The van der Waals surface area contributed by atoms with Crippen LogP contribution < -0.4 is 5.32 Å². The average molecular weight is 284 g/mol. The highest BCUT2D eigenvalue weighted by molar-refractivity contribution is 7.85. The summed E-state index contributed by atoms with van der Waals surface area (Å²) >= 11 is 0. The third-order valence-corrected chi connectivity index (χ3v) is 2.12. The van der Waals surface area contributed by atoms with Crippen LogP contribution in [-0.2, 0) is 14.9 Å². The second kappa shape index (κ2) is 6.69. The number of hydrogen-bond donors (Lipinski definition) is 2. The van der Waals surface area contributed by atoms with Crippen LogP contribution in [0.4, 0.5) is 9.18 Å². The lowest BCUT2D eigenvalue weighted by atomic mass is 10.2. The number of hydrogen-bond acceptors (Lipinski definition) is 4. The minimum Gasteiger partial charge on any atom is -0.444 e. The van der Waals surface area contributed by atoms with Crippen molar-refractivity contribution in [3.63, 3.8) is 0 Å². The van der Waals surface area contributed by atoms with Crippen LogP contribution in [0.3, 0.4) is 0 Å². The van der Waals surface area contributed by atoms with Gasteiger partial charge in [0.05, 0.1) is 12.1 Å². The van der Waals surface area contributed by atoms with Crippen molar-refractivity contribution in [1.29, 1.82) is 0 Å². The van der Waals surface area contributed by atoms with Crippen molar-refractivity contribution in [3.8, 4) is 0 Å². The molecule has 8 heteroatoms. The summed E-state index contributed by atoms with van der Waals surface area (Å²) in [6, 6.07) is 0. The summed E-state index contributed by atoms with van der Waals surface area (Å²) in [6.45, 7) is 4.55. The molecule has 1 atom stereocenters. The monoisotopic (exact) mass is 284 g/mol. The molecule has 0 radical (unpaired) electrons. The number of ether oxygens (including phenoxy) is 1. The highest BCUT2D eigenvalue weighted by Crippen LogP contribution is 2.07. The molecular weight excluding hydrogens is 265 g/mol. The minimum atomic E-state index is -4.38. The van der Waals surface area contributed by atoms with E-state index in [2.05, 4.69) is 5.32 Å². The van der Waals surface area contributed by atoms with Gasteiger partial charge in [0.15, 0.2) is 0 Å². The highest BCUT2D eigenvalue weighted by atomic mass is 32.2. The van der Waals surface area contributed by atoms with Gasteiger partial charge in [0.25, 0.3) is 10.1 Å². The molecular formula is C10H18FNO5S. The first-order chi connectivity index (χ1) is 8.44. The summed E-state index contributed by atoms with van der Waals surface area (Å²) in [6.07, 6.45) is -2.29. The van der Waals surface area contributed by atoms with Gasteiger partial charge in [-0.1, -0.05) is 0 Å². The molecule has 0 aromatic rings. The lowest BCUT2D eigenvalue weighted by Gasteiger charge is -2.19. The fraction of sp³-hybridized carbons (Fsp3) is 0.700. The van der Waals surface area contributed by atoms with E-state index in [-0.39, 0.29) is 18.4 Å². The molecule has 0 rings (SSSR count). The van der Waals surface area contributed by atoms with E-state index in [1.807, 2.05) is 0 Å². The molecule has 6 nitrogen and oxygen atoms in total. The van der Waals surface area contributed by atoms with E-state index >= 15 is 0 Å². The van der Waals surface area contributed by atoms with Gasteiger partial charge in [-0.3, -0.25) is 4.55 Å². The fourth-order valence-corrected chi connectivity index (χ4v) is 1.28. The van der Waals surface area contributed by atoms with Crippen molar-refractivity contribution in [3.05, 3.63) is 11.9 Å². The molecule has 0 heterocycles. The van der Waals surface area contributed by atoms with Crippen LogP contribution in [0.1, 0.15) is 28.5 Å². The lowest BCUT2D eigenvalue weighted by Crippen LogP contribution is -2.33. The maximum atomic E-state index is 12.5. The molecule has 0 saturated carbocycles. The Balaban J connectivity index is 4.41. The average Bonchev–Trinajstić information content (AvgIpc) is 2.12. The summed E-state index contributed by atoms with van der Waals surface area (Å²) in [4.78, 5) is 11.3. The van der Waals surface area contributed by atoms with E-state index in [1.54, 1.807) is 20.8 Å². The van der Waals surface area contributed by atoms with Crippen LogP contribution in [0.25, 0.3) is 0 Å². The number of alkyl carbamates (subject to hydrolysis) is 1. The normalized spacial score (nSPS) is 15.8. The summed E-state index contributed by atoms with van der Waals surface area (Å²) in [5.74, 6) is -0.946. The number of nitrogens with one attached hydrogen (secondary N) is 1. The van der Waals surface area contributed by atoms with Crippen molar-refractivity contribution in [2.24, 2.45) is 0 Å². The van der Waals surface area contributed by atoms with Crippen LogP contribution >= 0.6 is 0 Å². The lowest BCUT2D eigenvalue weighted by molar-refractivity contribution is 0.0532. The first-order valence-corrected chi connectivity index (χ1v) is 6.69. The van der Waals surface area contributed by atoms with Gasteiger partial charge in [-0.2, -0.15) is 8.42 Å². The van der Waals surface area contributed by atoms with Crippen molar-refractivity contribution in [2.45, 2.75) is 32.8 Å². The van der Waals surface area contributed by atoms with Crippen molar-refractivity contribution < 1.29 is 28.3 Å². The largest absolute Gasteiger partial charge is 0.444 e. The van der Waals surface area contributed by atoms with Gasteiger partial charge in [0, 0.05) is 7.92 Å². The number of amides is 1. The maximum Gasteiger partial charge on any atom is 0.407 e. The summed E-state index contributed by atoms with van der Waals surface area (Å²) in [5.41, 5.74) is -1.01. The number of rotatable bonds is 5. The number of carbonyl (C=O) groups excluding carboxylic acids is 1. The fourth-order valence-electron chi connectivity index (χ4n) is 0.856. The van der Waals surface area contributed by atoms with Gasteiger partial charge in [-0.05, 0) is 32.7 Å². The first-order valence-electron chi connectivity index (χ1n) is 5.66. The number of carbonyl (C=O) groups is 1. The Labute approximate surface area is 107 Å². The van der Waals surface area contributed by atoms with Crippen molar-refractivity contribution in [2.75, 3.05) is 12.3 Å². The van der Waals surface area contributed by atoms with Crippen molar-refractivity contribution in [1.82, 2.24) is 5.32 Å². The Hall–Kier alpha value is -1.15. The van der Waals surface area contributed by atoms with E-state index < -0.39 is 34.0 Å². The Kier molecular flexibility index (Phi) is 5.54. The molecule has 0 fully saturated rings. The van der Waals surface area contributed by atoms with Gasteiger partial charge < -0.3 is 10.1 Å². The summed E-state index contributed by atoms with van der Waals surface area (Å²) < 4.78 is 54.5. The minimum absolute atomic E-state index is 0.0280. The van der Waals surface area contributed by atoms with E-state index in [1.165, 1.54) is 0 Å². The van der Waals surface area contributed by atoms with Gasteiger partial charge in [0.2, 0.25) is 0 Å². The predicted octanol–water partition coefficient (Wildman–Crippen LogP) is 1.64. The molecule has 0 saturated heterocycles. The van der Waals surface area contributed by atoms with Gasteiger partial charge in [0.1, 0.15) is 5.60 Å². The van der Waals surface area contributed by atoms with Crippen LogP contribution in [-0.4, -0.2) is 37.0 Å². The molecule has 0 aromatic heterocycles.